The summed E-state index contributed by atoms with van der Waals surface area (Å²) in [7, 11) is 0. The normalized spacial score (nSPS) is 10.1. The third kappa shape index (κ3) is 3.06. The first-order valence-electron chi connectivity index (χ1n) is 5.63. The van der Waals surface area contributed by atoms with Crippen LogP contribution in [0.15, 0.2) is 18.2 Å². The molecule has 1 amide bonds. The predicted molar refractivity (Wildman–Crippen MR) is 65.4 cm³/mol. The smallest absolute Gasteiger partial charge is 0.335 e. The van der Waals surface area contributed by atoms with Crippen LogP contribution in [-0.2, 0) is 0 Å². The Kier molecular flexibility index (Phi) is 4.26. The minimum Gasteiger partial charge on any atom is -0.478 e. The van der Waals surface area contributed by atoms with Crippen LogP contribution in [-0.4, -0.2) is 35.0 Å². The van der Waals surface area contributed by atoms with Gasteiger partial charge in [-0.15, -0.1) is 0 Å². The Balaban J connectivity index is 3.13. The monoisotopic (exact) mass is 235 g/mol. The number of benzene rings is 1. The first kappa shape index (κ1) is 13.2. The molecule has 1 aromatic rings. The van der Waals surface area contributed by atoms with E-state index in [2.05, 4.69) is 0 Å². The van der Waals surface area contributed by atoms with E-state index in [1.165, 1.54) is 6.07 Å². The molecule has 17 heavy (non-hydrogen) atoms. The van der Waals surface area contributed by atoms with Crippen molar-refractivity contribution < 1.29 is 14.7 Å². The van der Waals surface area contributed by atoms with Gasteiger partial charge < -0.3 is 10.0 Å². The fourth-order valence-corrected chi connectivity index (χ4v) is 1.72. The largest absolute Gasteiger partial charge is 0.478 e. The highest BCUT2D eigenvalue weighted by atomic mass is 16.4. The first-order valence-corrected chi connectivity index (χ1v) is 5.63. The Labute approximate surface area is 101 Å². The summed E-state index contributed by atoms with van der Waals surface area (Å²) in [5.74, 6) is -1.14. The first-order chi connectivity index (χ1) is 7.99. The standard InChI is InChI=1S/C13H17NO3/c1-4-14(5-2)12(15)10-6-9(3)7-11(8-10)13(16)17/h6-8H,4-5H2,1-3H3,(H,16,17). The molecule has 1 aromatic carbocycles. The molecule has 0 heterocycles. The van der Waals surface area contributed by atoms with Gasteiger partial charge >= 0.3 is 5.97 Å². The van der Waals surface area contributed by atoms with Crippen molar-refractivity contribution in [2.45, 2.75) is 20.8 Å². The average Bonchev–Trinajstić information content (AvgIpc) is 2.29. The lowest BCUT2D eigenvalue weighted by atomic mass is 10.1. The number of rotatable bonds is 4. The van der Waals surface area contributed by atoms with Crippen LogP contribution in [0.1, 0.15) is 40.1 Å². The summed E-state index contributed by atoms with van der Waals surface area (Å²) in [4.78, 5) is 24.6. The van der Waals surface area contributed by atoms with E-state index in [1.54, 1.807) is 24.0 Å². The summed E-state index contributed by atoms with van der Waals surface area (Å²) in [5, 5.41) is 8.94. The van der Waals surface area contributed by atoms with E-state index in [9.17, 15) is 9.59 Å². The number of carbonyl (C=O) groups is 2. The molecule has 0 aliphatic heterocycles. The Morgan fingerprint density at radius 2 is 1.65 bits per heavy atom. The quantitative estimate of drug-likeness (QED) is 0.870. The van der Waals surface area contributed by atoms with Gasteiger partial charge in [-0.25, -0.2) is 4.79 Å². The zero-order chi connectivity index (χ0) is 13.0. The number of carbonyl (C=O) groups excluding carboxylic acids is 1. The Bertz CT molecular complexity index is 436. The lowest BCUT2D eigenvalue weighted by molar-refractivity contribution is 0.0696. The van der Waals surface area contributed by atoms with E-state index in [4.69, 9.17) is 5.11 Å². The number of amides is 1. The molecule has 4 heteroatoms. The number of carboxylic acids is 1. The zero-order valence-electron chi connectivity index (χ0n) is 10.4. The highest BCUT2D eigenvalue weighted by Gasteiger charge is 2.15. The van der Waals surface area contributed by atoms with Crippen molar-refractivity contribution in [1.29, 1.82) is 0 Å². The van der Waals surface area contributed by atoms with Gasteiger partial charge in [-0.1, -0.05) is 0 Å². The fraction of sp³-hybridized carbons (Fsp3) is 0.385. The number of aryl methyl sites for hydroxylation is 1. The fourth-order valence-electron chi connectivity index (χ4n) is 1.72. The number of hydrogen-bond acceptors (Lipinski definition) is 2. The van der Waals surface area contributed by atoms with Gasteiger partial charge in [-0.05, 0) is 44.5 Å². The van der Waals surface area contributed by atoms with Crippen molar-refractivity contribution in [3.05, 3.63) is 34.9 Å². The zero-order valence-corrected chi connectivity index (χ0v) is 10.4. The second-order valence-corrected chi connectivity index (χ2v) is 3.87. The van der Waals surface area contributed by atoms with E-state index in [0.29, 0.717) is 18.7 Å². The van der Waals surface area contributed by atoms with Crippen LogP contribution in [0, 0.1) is 6.92 Å². The van der Waals surface area contributed by atoms with E-state index in [1.807, 2.05) is 13.8 Å². The third-order valence-corrected chi connectivity index (χ3v) is 2.62. The highest BCUT2D eigenvalue weighted by Crippen LogP contribution is 2.12. The molecule has 0 saturated carbocycles. The Morgan fingerprint density at radius 3 is 2.12 bits per heavy atom. The molecule has 1 N–H and O–H groups in total. The van der Waals surface area contributed by atoms with Crippen molar-refractivity contribution in [1.82, 2.24) is 4.90 Å². The van der Waals surface area contributed by atoms with Gasteiger partial charge in [0.1, 0.15) is 0 Å². The van der Waals surface area contributed by atoms with Crippen LogP contribution in [0.5, 0.6) is 0 Å². The molecule has 0 aliphatic carbocycles. The lowest BCUT2D eigenvalue weighted by Gasteiger charge is -2.19. The minimum absolute atomic E-state index is 0.124. The number of aromatic carboxylic acids is 1. The van der Waals surface area contributed by atoms with Crippen molar-refractivity contribution >= 4 is 11.9 Å². The van der Waals surface area contributed by atoms with Gasteiger partial charge in [0.25, 0.3) is 5.91 Å². The molecule has 0 atom stereocenters. The number of hydrogen-bond donors (Lipinski definition) is 1. The molecule has 0 aromatic heterocycles. The average molecular weight is 235 g/mol. The molecule has 0 aliphatic rings. The molecular weight excluding hydrogens is 218 g/mol. The SMILES string of the molecule is CCN(CC)C(=O)c1cc(C)cc(C(=O)O)c1. The van der Waals surface area contributed by atoms with Crippen molar-refractivity contribution in [2.75, 3.05) is 13.1 Å². The van der Waals surface area contributed by atoms with Crippen LogP contribution in [0.25, 0.3) is 0 Å². The van der Waals surface area contributed by atoms with Gasteiger partial charge in [0, 0.05) is 18.7 Å². The summed E-state index contributed by atoms with van der Waals surface area (Å²) in [6.45, 7) is 6.81. The molecule has 1 rings (SSSR count). The van der Waals surface area contributed by atoms with Crippen LogP contribution in [0.4, 0.5) is 0 Å². The summed E-state index contributed by atoms with van der Waals surface area (Å²) in [6.07, 6.45) is 0. The second kappa shape index (κ2) is 5.48. The number of carboxylic acid groups (broad SMARTS) is 1. The van der Waals surface area contributed by atoms with Crippen LogP contribution in [0.2, 0.25) is 0 Å². The van der Waals surface area contributed by atoms with Crippen LogP contribution >= 0.6 is 0 Å². The maximum Gasteiger partial charge on any atom is 0.335 e. The topological polar surface area (TPSA) is 57.6 Å². The predicted octanol–water partition coefficient (Wildman–Crippen LogP) is 2.18. The highest BCUT2D eigenvalue weighted by molar-refractivity contribution is 5.97. The van der Waals surface area contributed by atoms with Gasteiger partial charge in [-0.2, -0.15) is 0 Å². The van der Waals surface area contributed by atoms with Gasteiger partial charge in [0.15, 0.2) is 0 Å². The van der Waals surface area contributed by atoms with Crippen LogP contribution in [0.3, 0.4) is 0 Å². The molecule has 0 radical (unpaired) electrons. The number of nitrogens with zero attached hydrogens (tertiary/aromatic N) is 1. The minimum atomic E-state index is -1.01. The van der Waals surface area contributed by atoms with Gasteiger partial charge in [-0.3, -0.25) is 4.79 Å². The molecule has 4 nitrogen and oxygen atoms in total. The molecule has 0 saturated heterocycles. The van der Waals surface area contributed by atoms with Crippen molar-refractivity contribution in [2.24, 2.45) is 0 Å². The maximum absolute atomic E-state index is 12.1. The van der Waals surface area contributed by atoms with E-state index in [-0.39, 0.29) is 11.5 Å². The molecule has 0 bridgehead atoms. The maximum atomic E-state index is 12.1. The van der Waals surface area contributed by atoms with Crippen molar-refractivity contribution in [3.63, 3.8) is 0 Å². The van der Waals surface area contributed by atoms with Gasteiger partial charge in [0.05, 0.1) is 5.56 Å². The summed E-state index contributed by atoms with van der Waals surface area (Å²) >= 11 is 0. The summed E-state index contributed by atoms with van der Waals surface area (Å²) < 4.78 is 0. The Hall–Kier alpha value is -1.84. The summed E-state index contributed by atoms with van der Waals surface area (Å²) in [6, 6.07) is 4.70. The third-order valence-electron chi connectivity index (χ3n) is 2.62. The molecule has 0 spiro atoms. The van der Waals surface area contributed by atoms with E-state index in [0.717, 1.165) is 5.56 Å². The van der Waals surface area contributed by atoms with E-state index >= 15 is 0 Å². The van der Waals surface area contributed by atoms with Gasteiger partial charge in [0.2, 0.25) is 0 Å². The second-order valence-electron chi connectivity index (χ2n) is 3.87. The Morgan fingerprint density at radius 1 is 1.12 bits per heavy atom. The summed E-state index contributed by atoms with van der Waals surface area (Å²) in [5.41, 5.74) is 1.37. The molecule has 0 fully saturated rings. The van der Waals surface area contributed by atoms with Crippen LogP contribution < -0.4 is 0 Å². The van der Waals surface area contributed by atoms with E-state index < -0.39 is 5.97 Å². The molecular formula is C13H17NO3. The molecule has 92 valence electrons. The molecule has 0 unspecified atom stereocenters. The van der Waals surface area contributed by atoms with Crippen molar-refractivity contribution in [3.8, 4) is 0 Å². The lowest BCUT2D eigenvalue weighted by Crippen LogP contribution is -2.30.